The van der Waals surface area contributed by atoms with E-state index in [4.69, 9.17) is 5.73 Å². The fraction of sp³-hybridized carbons (Fsp3) is 0.273. The molecule has 0 radical (unpaired) electrons. The predicted molar refractivity (Wildman–Crippen MR) is 66.7 cm³/mol. The maximum atomic E-state index is 12.7. The van der Waals surface area contributed by atoms with E-state index in [1.165, 1.54) is 16.9 Å². The van der Waals surface area contributed by atoms with E-state index in [1.807, 2.05) is 0 Å². The van der Waals surface area contributed by atoms with Gasteiger partial charge in [0.2, 0.25) is 0 Å². The summed E-state index contributed by atoms with van der Waals surface area (Å²) in [6.45, 7) is 1.72. The zero-order valence-electron chi connectivity index (χ0n) is 9.82. The van der Waals surface area contributed by atoms with Crippen molar-refractivity contribution in [2.45, 2.75) is 19.1 Å². The van der Waals surface area contributed by atoms with E-state index in [-0.39, 0.29) is 11.7 Å². The van der Waals surface area contributed by atoms with Gasteiger partial charge in [-0.15, -0.1) is 5.10 Å². The second-order valence-corrected chi connectivity index (χ2v) is 4.89. The first-order chi connectivity index (χ1) is 8.79. The molecule has 0 spiro atoms. The summed E-state index contributed by atoms with van der Waals surface area (Å²) < 4.78 is 39.8. The number of hydrogen-bond acceptors (Lipinski definition) is 3. The van der Waals surface area contributed by atoms with Crippen LogP contribution in [0.1, 0.15) is 24.2 Å². The Kier molecular flexibility index (Phi) is 3.64. The van der Waals surface area contributed by atoms with E-state index >= 15 is 0 Å². The van der Waals surface area contributed by atoms with Crippen molar-refractivity contribution in [1.29, 1.82) is 0 Å². The van der Waals surface area contributed by atoms with Gasteiger partial charge in [0.25, 0.3) is 0 Å². The highest BCUT2D eigenvalue weighted by Gasteiger charge is 2.31. The molecule has 8 heteroatoms. The van der Waals surface area contributed by atoms with E-state index < -0.39 is 11.7 Å². The van der Waals surface area contributed by atoms with Crippen LogP contribution in [0.4, 0.5) is 13.2 Å². The van der Waals surface area contributed by atoms with Crippen molar-refractivity contribution in [1.82, 2.24) is 15.0 Å². The van der Waals surface area contributed by atoms with Crippen molar-refractivity contribution >= 4 is 15.9 Å². The average Bonchev–Trinajstić information content (AvgIpc) is 2.77. The lowest BCUT2D eigenvalue weighted by Crippen LogP contribution is -2.07. The van der Waals surface area contributed by atoms with Crippen LogP contribution in [-0.2, 0) is 6.18 Å². The van der Waals surface area contributed by atoms with Gasteiger partial charge in [-0.3, -0.25) is 0 Å². The van der Waals surface area contributed by atoms with Gasteiger partial charge in [0.1, 0.15) is 0 Å². The predicted octanol–water partition coefficient (Wildman–Crippen LogP) is 3.07. The number of aromatic nitrogens is 3. The largest absolute Gasteiger partial charge is 0.416 e. The Hall–Kier alpha value is -1.41. The molecule has 4 nitrogen and oxygen atoms in total. The fourth-order valence-corrected chi connectivity index (χ4v) is 1.90. The maximum Gasteiger partial charge on any atom is 0.416 e. The maximum absolute atomic E-state index is 12.7. The third-order valence-electron chi connectivity index (χ3n) is 2.50. The van der Waals surface area contributed by atoms with Crippen LogP contribution in [0.2, 0.25) is 0 Å². The molecule has 0 aliphatic carbocycles. The van der Waals surface area contributed by atoms with Crippen LogP contribution in [0.3, 0.4) is 0 Å². The smallest absolute Gasteiger partial charge is 0.323 e. The molecule has 0 amide bonds. The van der Waals surface area contributed by atoms with E-state index in [0.717, 1.165) is 12.1 Å². The number of hydrogen-bond donors (Lipinski definition) is 1. The number of alkyl halides is 3. The number of nitrogens with zero attached hydrogens (tertiary/aromatic N) is 3. The summed E-state index contributed by atoms with van der Waals surface area (Å²) in [4.78, 5) is 0. The molecule has 2 N–H and O–H groups in total. The lowest BCUT2D eigenvalue weighted by atomic mass is 10.2. The Morgan fingerprint density at radius 2 is 2.05 bits per heavy atom. The number of nitrogens with two attached hydrogens (primary N) is 1. The van der Waals surface area contributed by atoms with Crippen molar-refractivity contribution in [2.75, 3.05) is 0 Å². The molecule has 0 aliphatic heterocycles. The van der Waals surface area contributed by atoms with Gasteiger partial charge >= 0.3 is 6.18 Å². The van der Waals surface area contributed by atoms with Gasteiger partial charge in [0.05, 0.1) is 23.1 Å². The van der Waals surface area contributed by atoms with Gasteiger partial charge in [-0.1, -0.05) is 5.21 Å². The normalized spacial score (nSPS) is 13.6. The van der Waals surface area contributed by atoms with Crippen molar-refractivity contribution < 1.29 is 13.2 Å². The SMILES string of the molecule is CC(N)c1cn(-c2cc(C(F)(F)F)ccc2Br)nn1. The Bertz CT molecular complexity index is 592. The quantitative estimate of drug-likeness (QED) is 0.918. The van der Waals surface area contributed by atoms with Crippen LogP contribution in [0.15, 0.2) is 28.9 Å². The van der Waals surface area contributed by atoms with Gasteiger partial charge in [0.15, 0.2) is 0 Å². The molecule has 1 heterocycles. The Morgan fingerprint density at radius 3 is 2.58 bits per heavy atom. The third-order valence-corrected chi connectivity index (χ3v) is 3.17. The molecule has 0 fully saturated rings. The van der Waals surface area contributed by atoms with Crippen molar-refractivity contribution in [3.8, 4) is 5.69 Å². The zero-order chi connectivity index (χ0) is 14.2. The van der Waals surface area contributed by atoms with Crippen LogP contribution >= 0.6 is 15.9 Å². The number of rotatable bonds is 2. The molecule has 1 aromatic carbocycles. The molecular formula is C11H10BrF3N4. The first-order valence-electron chi connectivity index (χ1n) is 5.34. The Morgan fingerprint density at radius 1 is 1.37 bits per heavy atom. The Balaban J connectivity index is 2.48. The molecule has 1 atom stereocenters. The summed E-state index contributed by atoms with van der Waals surface area (Å²) in [5, 5.41) is 7.59. The molecule has 2 rings (SSSR count). The molecule has 1 unspecified atom stereocenters. The van der Waals surface area contributed by atoms with Gasteiger partial charge < -0.3 is 5.73 Å². The Labute approximate surface area is 115 Å². The molecule has 0 bridgehead atoms. The summed E-state index contributed by atoms with van der Waals surface area (Å²) in [7, 11) is 0. The highest BCUT2D eigenvalue weighted by Crippen LogP contribution is 2.33. The summed E-state index contributed by atoms with van der Waals surface area (Å²) in [5.74, 6) is 0. The van der Waals surface area contributed by atoms with Crippen LogP contribution in [-0.4, -0.2) is 15.0 Å². The molecular weight excluding hydrogens is 325 g/mol. The standard InChI is InChI=1S/C11H10BrF3N4/c1-6(16)9-5-19(18-17-9)10-4-7(11(13,14)15)2-3-8(10)12/h2-6H,16H2,1H3. The summed E-state index contributed by atoms with van der Waals surface area (Å²) in [6.07, 6.45) is -2.90. The van der Waals surface area contributed by atoms with Crippen LogP contribution < -0.4 is 5.73 Å². The number of halogens is 4. The minimum Gasteiger partial charge on any atom is -0.323 e. The minimum atomic E-state index is -4.40. The van der Waals surface area contributed by atoms with E-state index in [2.05, 4.69) is 26.2 Å². The highest BCUT2D eigenvalue weighted by molar-refractivity contribution is 9.10. The molecule has 19 heavy (non-hydrogen) atoms. The first-order valence-corrected chi connectivity index (χ1v) is 6.13. The van der Waals surface area contributed by atoms with Gasteiger partial charge in [0, 0.05) is 10.5 Å². The summed E-state index contributed by atoms with van der Waals surface area (Å²) in [6, 6.07) is 2.99. The highest BCUT2D eigenvalue weighted by atomic mass is 79.9. The van der Waals surface area contributed by atoms with Crippen molar-refractivity contribution in [3.05, 3.63) is 40.1 Å². The van der Waals surface area contributed by atoms with Gasteiger partial charge in [-0.2, -0.15) is 13.2 Å². The molecule has 2 aromatic rings. The summed E-state index contributed by atoms with van der Waals surface area (Å²) >= 11 is 3.19. The molecule has 102 valence electrons. The van der Waals surface area contributed by atoms with Crippen LogP contribution in [0.25, 0.3) is 5.69 Å². The van der Waals surface area contributed by atoms with Crippen LogP contribution in [0, 0.1) is 0 Å². The topological polar surface area (TPSA) is 56.7 Å². The van der Waals surface area contributed by atoms with E-state index in [1.54, 1.807) is 6.92 Å². The van der Waals surface area contributed by atoms with Crippen molar-refractivity contribution in [3.63, 3.8) is 0 Å². The fourth-order valence-electron chi connectivity index (χ4n) is 1.47. The average molecular weight is 335 g/mol. The molecule has 0 saturated heterocycles. The molecule has 0 saturated carbocycles. The third kappa shape index (κ3) is 2.95. The number of benzene rings is 1. The molecule has 1 aromatic heterocycles. The monoisotopic (exact) mass is 334 g/mol. The lowest BCUT2D eigenvalue weighted by Gasteiger charge is -2.10. The second-order valence-electron chi connectivity index (χ2n) is 4.04. The first kappa shape index (κ1) is 14.0. The van der Waals surface area contributed by atoms with Crippen molar-refractivity contribution in [2.24, 2.45) is 5.73 Å². The van der Waals surface area contributed by atoms with Gasteiger partial charge in [-0.05, 0) is 41.1 Å². The molecule has 0 aliphatic rings. The summed E-state index contributed by atoms with van der Waals surface area (Å²) in [5.41, 5.74) is 5.65. The van der Waals surface area contributed by atoms with E-state index in [0.29, 0.717) is 10.2 Å². The lowest BCUT2D eigenvalue weighted by molar-refractivity contribution is -0.137. The van der Waals surface area contributed by atoms with E-state index in [9.17, 15) is 13.2 Å². The second kappa shape index (κ2) is 4.93. The minimum absolute atomic E-state index is 0.259. The zero-order valence-corrected chi connectivity index (χ0v) is 11.4. The van der Waals surface area contributed by atoms with Gasteiger partial charge in [-0.25, -0.2) is 4.68 Å². The van der Waals surface area contributed by atoms with Crippen LogP contribution in [0.5, 0.6) is 0 Å².